The summed E-state index contributed by atoms with van der Waals surface area (Å²) in [5.41, 5.74) is 2.26. The highest BCUT2D eigenvalue weighted by Crippen LogP contribution is 2.21. The largest absolute Gasteiger partial charge is 0.437 e. The molecular weight excluding hydrogens is 338 g/mol. The SMILES string of the molecule is CCc1ccc([C@@H](C)NC(=O)Cn2nc(-c3cccs3)oc2=O)cc1. The van der Waals surface area contributed by atoms with Crippen LogP contribution in [0.3, 0.4) is 0 Å². The first-order chi connectivity index (χ1) is 12.1. The third kappa shape index (κ3) is 4.06. The van der Waals surface area contributed by atoms with Crippen molar-refractivity contribution in [1.29, 1.82) is 0 Å². The van der Waals surface area contributed by atoms with Crippen molar-refractivity contribution >= 4 is 17.2 Å². The second-order valence-corrected chi connectivity index (χ2v) is 6.64. The van der Waals surface area contributed by atoms with E-state index in [9.17, 15) is 9.59 Å². The summed E-state index contributed by atoms with van der Waals surface area (Å²) in [5, 5.41) is 8.83. The van der Waals surface area contributed by atoms with Crippen molar-refractivity contribution in [3.8, 4) is 10.8 Å². The number of nitrogens with one attached hydrogen (secondary N) is 1. The average molecular weight is 357 g/mol. The lowest BCUT2D eigenvalue weighted by Gasteiger charge is -2.14. The zero-order chi connectivity index (χ0) is 17.8. The van der Waals surface area contributed by atoms with Gasteiger partial charge in [0.15, 0.2) is 0 Å². The molecular formula is C18H19N3O3S. The van der Waals surface area contributed by atoms with Crippen LogP contribution in [-0.4, -0.2) is 15.7 Å². The molecule has 6 nitrogen and oxygen atoms in total. The van der Waals surface area contributed by atoms with Gasteiger partial charge in [-0.05, 0) is 35.9 Å². The molecule has 0 saturated heterocycles. The summed E-state index contributed by atoms with van der Waals surface area (Å²) in [4.78, 5) is 24.8. The Kier molecular flexibility index (Phi) is 5.14. The van der Waals surface area contributed by atoms with E-state index in [4.69, 9.17) is 4.42 Å². The lowest BCUT2D eigenvalue weighted by atomic mass is 10.1. The summed E-state index contributed by atoms with van der Waals surface area (Å²) in [5.74, 6) is -0.699. The monoisotopic (exact) mass is 357 g/mol. The molecule has 0 bridgehead atoms. The van der Waals surface area contributed by atoms with E-state index in [1.165, 1.54) is 16.9 Å². The third-order valence-electron chi connectivity index (χ3n) is 3.90. The molecule has 0 aliphatic rings. The number of nitrogens with zero attached hydrogens (tertiary/aromatic N) is 2. The van der Waals surface area contributed by atoms with Gasteiger partial charge in [-0.3, -0.25) is 4.79 Å². The van der Waals surface area contributed by atoms with Crippen LogP contribution < -0.4 is 11.1 Å². The second kappa shape index (κ2) is 7.48. The lowest BCUT2D eigenvalue weighted by molar-refractivity contribution is -0.122. The Hall–Kier alpha value is -2.67. The molecule has 0 unspecified atom stereocenters. The summed E-state index contributed by atoms with van der Waals surface area (Å²) in [6, 6.07) is 11.6. The Morgan fingerprint density at radius 3 is 2.72 bits per heavy atom. The van der Waals surface area contributed by atoms with Crippen LogP contribution in [0.2, 0.25) is 0 Å². The Morgan fingerprint density at radius 1 is 1.32 bits per heavy atom. The van der Waals surface area contributed by atoms with E-state index < -0.39 is 5.76 Å². The lowest BCUT2D eigenvalue weighted by Crippen LogP contribution is -2.33. The molecule has 1 atom stereocenters. The van der Waals surface area contributed by atoms with Crippen LogP contribution in [0.25, 0.3) is 10.8 Å². The van der Waals surface area contributed by atoms with Gasteiger partial charge in [0.2, 0.25) is 5.91 Å². The van der Waals surface area contributed by atoms with Crippen molar-refractivity contribution < 1.29 is 9.21 Å². The van der Waals surface area contributed by atoms with Crippen molar-refractivity contribution in [2.75, 3.05) is 0 Å². The topological polar surface area (TPSA) is 77.1 Å². The standard InChI is InChI=1S/C18H19N3O3S/c1-3-13-6-8-14(9-7-13)12(2)19-16(22)11-21-18(23)24-17(20-21)15-5-4-10-25-15/h4-10,12H,3,11H2,1-2H3,(H,19,22)/t12-/m1/s1. The minimum Gasteiger partial charge on any atom is -0.387 e. The van der Waals surface area contributed by atoms with Gasteiger partial charge in [-0.15, -0.1) is 16.4 Å². The van der Waals surface area contributed by atoms with Crippen LogP contribution in [0.1, 0.15) is 31.0 Å². The first-order valence-electron chi connectivity index (χ1n) is 8.07. The van der Waals surface area contributed by atoms with Crippen molar-refractivity contribution in [3.63, 3.8) is 0 Å². The average Bonchev–Trinajstić information content (AvgIpc) is 3.25. The summed E-state index contributed by atoms with van der Waals surface area (Å²) in [7, 11) is 0. The molecule has 7 heteroatoms. The summed E-state index contributed by atoms with van der Waals surface area (Å²) in [6.07, 6.45) is 0.975. The van der Waals surface area contributed by atoms with E-state index in [0.717, 1.165) is 21.5 Å². The molecule has 0 aliphatic heterocycles. The molecule has 0 spiro atoms. The molecule has 3 rings (SSSR count). The van der Waals surface area contributed by atoms with Gasteiger partial charge in [0.25, 0.3) is 5.89 Å². The number of rotatable bonds is 6. The molecule has 0 aliphatic carbocycles. The van der Waals surface area contributed by atoms with Crippen molar-refractivity contribution in [2.45, 2.75) is 32.9 Å². The molecule has 2 heterocycles. The zero-order valence-corrected chi connectivity index (χ0v) is 14.9. The number of aryl methyl sites for hydroxylation is 1. The summed E-state index contributed by atoms with van der Waals surface area (Å²) < 4.78 is 6.14. The zero-order valence-electron chi connectivity index (χ0n) is 14.1. The molecule has 2 aromatic heterocycles. The van der Waals surface area contributed by atoms with Gasteiger partial charge in [-0.1, -0.05) is 37.3 Å². The molecule has 1 amide bonds. The Bertz CT molecular complexity index is 895. The van der Waals surface area contributed by atoms with Gasteiger partial charge in [0.05, 0.1) is 10.9 Å². The molecule has 1 N–H and O–H groups in total. The Labute approximate surface area is 149 Å². The Balaban J connectivity index is 1.65. The van der Waals surface area contributed by atoms with E-state index in [2.05, 4.69) is 17.3 Å². The fourth-order valence-corrected chi connectivity index (χ4v) is 3.10. The fraction of sp³-hybridized carbons (Fsp3) is 0.278. The minimum absolute atomic E-state index is 0.155. The molecule has 130 valence electrons. The van der Waals surface area contributed by atoms with Gasteiger partial charge < -0.3 is 9.73 Å². The fourth-order valence-electron chi connectivity index (χ4n) is 2.45. The highest BCUT2D eigenvalue weighted by Gasteiger charge is 2.15. The van der Waals surface area contributed by atoms with E-state index in [-0.39, 0.29) is 24.4 Å². The molecule has 0 fully saturated rings. The van der Waals surface area contributed by atoms with Crippen LogP contribution >= 0.6 is 11.3 Å². The maximum atomic E-state index is 12.2. The number of benzene rings is 1. The number of thiophene rings is 1. The van der Waals surface area contributed by atoms with Crippen LogP contribution in [0, 0.1) is 0 Å². The molecule has 0 saturated carbocycles. The predicted molar refractivity (Wildman–Crippen MR) is 96.5 cm³/mol. The summed E-state index contributed by atoms with van der Waals surface area (Å²) >= 11 is 1.42. The van der Waals surface area contributed by atoms with Crippen molar-refractivity contribution in [2.24, 2.45) is 0 Å². The van der Waals surface area contributed by atoms with Crippen molar-refractivity contribution in [3.05, 3.63) is 63.5 Å². The number of hydrogen-bond acceptors (Lipinski definition) is 5. The van der Waals surface area contributed by atoms with E-state index in [0.29, 0.717) is 0 Å². The molecule has 3 aromatic rings. The number of hydrogen-bond donors (Lipinski definition) is 1. The predicted octanol–water partition coefficient (Wildman–Crippen LogP) is 3.00. The highest BCUT2D eigenvalue weighted by molar-refractivity contribution is 7.13. The van der Waals surface area contributed by atoms with Gasteiger partial charge in [-0.25, -0.2) is 4.79 Å². The third-order valence-corrected chi connectivity index (χ3v) is 4.75. The van der Waals surface area contributed by atoms with Crippen LogP contribution in [0.15, 0.2) is 51.0 Å². The number of amides is 1. The number of aromatic nitrogens is 2. The van der Waals surface area contributed by atoms with Crippen LogP contribution in [-0.2, 0) is 17.8 Å². The Morgan fingerprint density at radius 2 is 2.08 bits per heavy atom. The van der Waals surface area contributed by atoms with Gasteiger partial charge in [0.1, 0.15) is 6.54 Å². The minimum atomic E-state index is -0.640. The molecule has 0 radical (unpaired) electrons. The maximum Gasteiger partial charge on any atom is 0.437 e. The quantitative estimate of drug-likeness (QED) is 0.736. The van der Waals surface area contributed by atoms with Crippen molar-refractivity contribution in [1.82, 2.24) is 15.1 Å². The van der Waals surface area contributed by atoms with E-state index >= 15 is 0 Å². The normalized spacial score (nSPS) is 12.1. The number of carbonyl (C=O) groups is 1. The molecule has 25 heavy (non-hydrogen) atoms. The maximum absolute atomic E-state index is 12.2. The second-order valence-electron chi connectivity index (χ2n) is 5.69. The smallest absolute Gasteiger partial charge is 0.387 e. The first kappa shape index (κ1) is 17.2. The van der Waals surface area contributed by atoms with Crippen LogP contribution in [0.5, 0.6) is 0 Å². The van der Waals surface area contributed by atoms with Gasteiger partial charge >= 0.3 is 5.76 Å². The van der Waals surface area contributed by atoms with Gasteiger partial charge in [-0.2, -0.15) is 4.68 Å². The number of carbonyl (C=O) groups excluding carboxylic acids is 1. The first-order valence-corrected chi connectivity index (χ1v) is 8.95. The molecule has 1 aromatic carbocycles. The summed E-state index contributed by atoms with van der Waals surface area (Å²) in [6.45, 7) is 3.83. The van der Waals surface area contributed by atoms with Gasteiger partial charge in [0, 0.05) is 0 Å². The van der Waals surface area contributed by atoms with E-state index in [1.54, 1.807) is 0 Å². The highest BCUT2D eigenvalue weighted by atomic mass is 32.1. The van der Waals surface area contributed by atoms with Crippen LogP contribution in [0.4, 0.5) is 0 Å². The van der Waals surface area contributed by atoms with E-state index in [1.807, 2.05) is 48.7 Å².